The fraction of sp³-hybridized carbons (Fsp3) is 0.818. The van der Waals surface area contributed by atoms with Crippen molar-refractivity contribution in [1.82, 2.24) is 0 Å². The van der Waals surface area contributed by atoms with Crippen LogP contribution in [0.5, 0.6) is 0 Å². The van der Waals surface area contributed by atoms with Gasteiger partial charge in [-0.25, -0.2) is 0 Å². The zero-order valence-electron chi connectivity index (χ0n) is 7.99. The van der Waals surface area contributed by atoms with Crippen LogP contribution in [0.25, 0.3) is 0 Å². The van der Waals surface area contributed by atoms with Crippen LogP contribution in [0.4, 0.5) is 0 Å². The molecule has 0 amide bonds. The first-order chi connectivity index (χ1) is 5.67. The highest BCUT2D eigenvalue weighted by Crippen LogP contribution is 2.57. The number of rotatable bonds is 2. The van der Waals surface area contributed by atoms with Gasteiger partial charge in [0.15, 0.2) is 0 Å². The molecule has 68 valence electrons. The highest BCUT2D eigenvalue weighted by molar-refractivity contribution is 6.18. The van der Waals surface area contributed by atoms with Crippen LogP contribution in [0.15, 0.2) is 11.1 Å². The first-order valence-electron chi connectivity index (χ1n) is 4.93. The van der Waals surface area contributed by atoms with Crippen molar-refractivity contribution in [3.8, 4) is 0 Å². The molecule has 1 fully saturated rings. The minimum Gasteiger partial charge on any atom is -0.126 e. The summed E-state index contributed by atoms with van der Waals surface area (Å²) in [5, 5.41) is 0. The third kappa shape index (κ3) is 1.04. The van der Waals surface area contributed by atoms with Gasteiger partial charge in [-0.15, -0.1) is 11.6 Å². The number of halogens is 1. The van der Waals surface area contributed by atoms with Crippen LogP contribution in [-0.2, 0) is 0 Å². The predicted molar refractivity (Wildman–Crippen MR) is 53.5 cm³/mol. The Morgan fingerprint density at radius 1 is 1.58 bits per heavy atom. The van der Waals surface area contributed by atoms with E-state index in [0.717, 1.165) is 18.2 Å². The molecule has 2 rings (SSSR count). The van der Waals surface area contributed by atoms with Crippen molar-refractivity contribution in [2.45, 2.75) is 39.5 Å². The van der Waals surface area contributed by atoms with Gasteiger partial charge in [-0.2, -0.15) is 0 Å². The maximum atomic E-state index is 5.80. The molecule has 2 atom stereocenters. The van der Waals surface area contributed by atoms with Gasteiger partial charge in [-0.1, -0.05) is 18.1 Å². The highest BCUT2D eigenvalue weighted by atomic mass is 35.5. The van der Waals surface area contributed by atoms with Crippen LogP contribution < -0.4 is 0 Å². The molecule has 0 nitrogen and oxygen atoms in total. The third-order valence-electron chi connectivity index (χ3n) is 3.99. The summed E-state index contributed by atoms with van der Waals surface area (Å²) in [6.07, 6.45) is 5.37. The van der Waals surface area contributed by atoms with Gasteiger partial charge in [-0.3, -0.25) is 0 Å². The van der Waals surface area contributed by atoms with Gasteiger partial charge < -0.3 is 0 Å². The van der Waals surface area contributed by atoms with Gasteiger partial charge >= 0.3 is 0 Å². The summed E-state index contributed by atoms with van der Waals surface area (Å²) in [7, 11) is 0. The average Bonchev–Trinajstić information content (AvgIpc) is 2.51. The Balaban J connectivity index is 2.27. The lowest BCUT2D eigenvalue weighted by molar-refractivity contribution is 0.424. The molecule has 1 saturated carbocycles. The lowest BCUT2D eigenvalue weighted by Gasteiger charge is -2.24. The van der Waals surface area contributed by atoms with E-state index in [2.05, 4.69) is 13.8 Å². The minimum atomic E-state index is 0.562. The number of alkyl halides is 1. The van der Waals surface area contributed by atoms with Crippen LogP contribution in [0.1, 0.15) is 39.5 Å². The molecular weight excluding hydrogens is 168 g/mol. The van der Waals surface area contributed by atoms with Gasteiger partial charge in [0.05, 0.1) is 0 Å². The first kappa shape index (κ1) is 8.62. The molecule has 2 aliphatic rings. The van der Waals surface area contributed by atoms with Crippen LogP contribution in [0.3, 0.4) is 0 Å². The average molecular weight is 185 g/mol. The summed E-state index contributed by atoms with van der Waals surface area (Å²) < 4.78 is 0. The van der Waals surface area contributed by atoms with Crippen LogP contribution in [-0.4, -0.2) is 5.88 Å². The first-order valence-corrected chi connectivity index (χ1v) is 5.47. The van der Waals surface area contributed by atoms with E-state index in [4.69, 9.17) is 11.6 Å². The molecule has 0 heterocycles. The van der Waals surface area contributed by atoms with Crippen LogP contribution >= 0.6 is 11.6 Å². The molecule has 0 radical (unpaired) electrons. The van der Waals surface area contributed by atoms with Gasteiger partial charge in [0, 0.05) is 5.88 Å². The maximum absolute atomic E-state index is 5.80. The zero-order chi connectivity index (χ0) is 8.77. The van der Waals surface area contributed by atoms with E-state index < -0.39 is 0 Å². The van der Waals surface area contributed by atoms with Crippen molar-refractivity contribution in [2.24, 2.45) is 11.3 Å². The molecular formula is C11H17Cl. The number of hydrogen-bond acceptors (Lipinski definition) is 0. The summed E-state index contributed by atoms with van der Waals surface area (Å²) in [4.78, 5) is 0. The molecule has 0 aromatic heterocycles. The molecule has 0 aromatic rings. The van der Waals surface area contributed by atoms with Crippen molar-refractivity contribution in [3.63, 3.8) is 0 Å². The van der Waals surface area contributed by atoms with E-state index in [0.29, 0.717) is 5.41 Å². The topological polar surface area (TPSA) is 0 Å². The second-order valence-corrected chi connectivity index (χ2v) is 4.97. The molecule has 1 heteroatoms. The number of fused-ring (bicyclic) bond motifs is 2. The zero-order valence-corrected chi connectivity index (χ0v) is 8.75. The second kappa shape index (κ2) is 2.77. The second-order valence-electron chi connectivity index (χ2n) is 4.59. The largest absolute Gasteiger partial charge is 0.126 e. The Morgan fingerprint density at radius 2 is 2.33 bits per heavy atom. The number of hydrogen-bond donors (Lipinski definition) is 0. The van der Waals surface area contributed by atoms with Crippen LogP contribution in [0, 0.1) is 11.3 Å². The fourth-order valence-corrected chi connectivity index (χ4v) is 3.27. The standard InChI is InChI=1S/C11H17Cl/c1-8-10(4-6-12)9-3-5-11(8,2)7-9/h9H,3-7H2,1-2H3. The molecule has 0 spiro atoms. The van der Waals surface area contributed by atoms with Gasteiger partial charge in [0.1, 0.15) is 0 Å². The third-order valence-corrected chi connectivity index (χ3v) is 4.17. The van der Waals surface area contributed by atoms with E-state index >= 15 is 0 Å². The normalized spacial score (nSPS) is 39.8. The summed E-state index contributed by atoms with van der Waals surface area (Å²) in [6.45, 7) is 4.74. The highest BCUT2D eigenvalue weighted by Gasteiger charge is 2.44. The Labute approximate surface area is 80.0 Å². The number of allylic oxidation sites excluding steroid dienone is 2. The van der Waals surface area contributed by atoms with E-state index in [-0.39, 0.29) is 0 Å². The van der Waals surface area contributed by atoms with Gasteiger partial charge in [-0.05, 0) is 43.9 Å². The van der Waals surface area contributed by atoms with Crippen molar-refractivity contribution < 1.29 is 0 Å². The fourth-order valence-electron chi connectivity index (χ4n) is 3.07. The van der Waals surface area contributed by atoms with Crippen molar-refractivity contribution in [1.29, 1.82) is 0 Å². The SMILES string of the molecule is CC1=C(CCCl)C2CCC1(C)C2. The molecule has 12 heavy (non-hydrogen) atoms. The van der Waals surface area contributed by atoms with Crippen LogP contribution in [0.2, 0.25) is 0 Å². The monoisotopic (exact) mass is 184 g/mol. The lowest BCUT2D eigenvalue weighted by Crippen LogP contribution is -2.11. The smallest absolute Gasteiger partial charge is 0.0260 e. The Kier molecular flexibility index (Phi) is 1.99. The predicted octanol–water partition coefficient (Wildman–Crippen LogP) is 3.75. The molecule has 0 aromatic carbocycles. The Bertz CT molecular complexity index is 229. The lowest BCUT2D eigenvalue weighted by atomic mass is 9.81. The maximum Gasteiger partial charge on any atom is 0.0260 e. The Morgan fingerprint density at radius 3 is 2.83 bits per heavy atom. The van der Waals surface area contributed by atoms with E-state index in [9.17, 15) is 0 Å². The summed E-state index contributed by atoms with van der Waals surface area (Å²) >= 11 is 5.80. The Hall–Kier alpha value is 0.0300. The molecule has 2 bridgehead atoms. The van der Waals surface area contributed by atoms with E-state index in [1.165, 1.54) is 19.3 Å². The minimum absolute atomic E-state index is 0.562. The molecule has 0 N–H and O–H groups in total. The molecule has 0 saturated heterocycles. The van der Waals surface area contributed by atoms with Gasteiger partial charge in [0.25, 0.3) is 0 Å². The summed E-state index contributed by atoms with van der Waals surface area (Å²) in [5.74, 6) is 1.70. The summed E-state index contributed by atoms with van der Waals surface area (Å²) in [6, 6.07) is 0. The quantitative estimate of drug-likeness (QED) is 0.453. The van der Waals surface area contributed by atoms with E-state index in [1.807, 2.05) is 0 Å². The van der Waals surface area contributed by atoms with Crippen molar-refractivity contribution in [3.05, 3.63) is 11.1 Å². The van der Waals surface area contributed by atoms with Crippen molar-refractivity contribution >= 4 is 11.6 Å². The van der Waals surface area contributed by atoms with Gasteiger partial charge in [0.2, 0.25) is 0 Å². The molecule has 2 aliphatic carbocycles. The molecule has 0 aliphatic heterocycles. The van der Waals surface area contributed by atoms with E-state index in [1.54, 1.807) is 11.1 Å². The molecule has 2 unspecified atom stereocenters. The van der Waals surface area contributed by atoms with Crippen molar-refractivity contribution in [2.75, 3.05) is 5.88 Å². The summed E-state index contributed by atoms with van der Waals surface area (Å²) in [5.41, 5.74) is 3.92.